The third-order valence-electron chi connectivity index (χ3n) is 8.54. The Balaban J connectivity index is 1.52. The first-order chi connectivity index (χ1) is 20.0. The molecule has 2 saturated carbocycles. The number of esters is 1. The minimum Gasteiger partial charge on any atom is -0.467 e. The predicted octanol–water partition coefficient (Wildman–Crippen LogP) is 7.11. The van der Waals surface area contributed by atoms with Crippen molar-refractivity contribution >= 4 is 23.6 Å². The SMILES string of the molecule is COC(=O)[C@H](CCSC)NC(=O)c1ccc(COC(COC2CCC2)CC2CCCCC2)cc1-c1ccccc1C. The van der Waals surface area contributed by atoms with E-state index in [-0.39, 0.29) is 12.0 Å². The van der Waals surface area contributed by atoms with Crippen LogP contribution in [0.1, 0.15) is 85.7 Å². The summed E-state index contributed by atoms with van der Waals surface area (Å²) in [6.07, 6.45) is 14.1. The molecular weight excluding hydrogens is 534 g/mol. The minimum absolute atomic E-state index is 0.0702. The van der Waals surface area contributed by atoms with Gasteiger partial charge in [-0.25, -0.2) is 4.79 Å². The van der Waals surface area contributed by atoms with Gasteiger partial charge < -0.3 is 19.5 Å². The molecule has 0 aromatic heterocycles. The number of aryl methyl sites for hydroxylation is 1. The molecule has 1 N–H and O–H groups in total. The van der Waals surface area contributed by atoms with E-state index in [0.29, 0.717) is 37.2 Å². The van der Waals surface area contributed by atoms with E-state index in [4.69, 9.17) is 14.2 Å². The summed E-state index contributed by atoms with van der Waals surface area (Å²) in [6, 6.07) is 13.3. The number of hydrogen-bond acceptors (Lipinski definition) is 6. The number of hydrogen-bond donors (Lipinski definition) is 1. The fourth-order valence-corrected chi connectivity index (χ4v) is 6.29. The van der Waals surface area contributed by atoms with Gasteiger partial charge in [0.25, 0.3) is 5.91 Å². The number of benzene rings is 2. The van der Waals surface area contributed by atoms with Gasteiger partial charge in [-0.15, -0.1) is 0 Å². The zero-order valence-electron chi connectivity index (χ0n) is 25.0. The molecule has 0 bridgehead atoms. The second-order valence-corrected chi connectivity index (χ2v) is 12.6. The van der Waals surface area contributed by atoms with Crippen LogP contribution in [0.2, 0.25) is 0 Å². The summed E-state index contributed by atoms with van der Waals surface area (Å²) in [6.45, 7) is 3.16. The van der Waals surface area contributed by atoms with Crippen molar-refractivity contribution in [3.63, 3.8) is 0 Å². The van der Waals surface area contributed by atoms with Crippen LogP contribution in [-0.4, -0.2) is 55.9 Å². The Morgan fingerprint density at radius 2 is 1.78 bits per heavy atom. The second-order valence-electron chi connectivity index (χ2n) is 11.6. The fraction of sp³-hybridized carbons (Fsp3) is 0.588. The average molecular weight is 582 g/mol. The molecule has 2 fully saturated rings. The van der Waals surface area contributed by atoms with Gasteiger partial charge in [0.1, 0.15) is 6.04 Å². The number of amides is 1. The van der Waals surface area contributed by atoms with Crippen molar-refractivity contribution < 1.29 is 23.8 Å². The van der Waals surface area contributed by atoms with E-state index in [2.05, 4.69) is 11.4 Å². The van der Waals surface area contributed by atoms with Crippen LogP contribution in [0.5, 0.6) is 0 Å². The summed E-state index contributed by atoms with van der Waals surface area (Å²) < 4.78 is 17.7. The van der Waals surface area contributed by atoms with Crippen molar-refractivity contribution in [1.29, 1.82) is 0 Å². The molecule has 4 rings (SSSR count). The van der Waals surface area contributed by atoms with Crippen LogP contribution in [0, 0.1) is 12.8 Å². The summed E-state index contributed by atoms with van der Waals surface area (Å²) in [7, 11) is 1.35. The molecule has 1 unspecified atom stereocenters. The molecule has 0 saturated heterocycles. The lowest BCUT2D eigenvalue weighted by atomic mass is 9.85. The van der Waals surface area contributed by atoms with E-state index >= 15 is 0 Å². The first-order valence-electron chi connectivity index (χ1n) is 15.3. The maximum absolute atomic E-state index is 13.6. The van der Waals surface area contributed by atoms with Crippen molar-refractivity contribution in [2.45, 2.75) is 96.0 Å². The van der Waals surface area contributed by atoms with E-state index < -0.39 is 12.0 Å². The highest BCUT2D eigenvalue weighted by atomic mass is 32.2. The van der Waals surface area contributed by atoms with Gasteiger partial charge in [0.2, 0.25) is 0 Å². The highest BCUT2D eigenvalue weighted by Crippen LogP contribution is 2.31. The van der Waals surface area contributed by atoms with Crippen LogP contribution in [-0.2, 0) is 25.6 Å². The van der Waals surface area contributed by atoms with Crippen molar-refractivity contribution in [3.8, 4) is 11.1 Å². The molecule has 2 aliphatic carbocycles. The van der Waals surface area contributed by atoms with Crippen LogP contribution < -0.4 is 5.32 Å². The van der Waals surface area contributed by atoms with Gasteiger partial charge in [0.15, 0.2) is 0 Å². The van der Waals surface area contributed by atoms with Crippen LogP contribution >= 0.6 is 11.8 Å². The summed E-state index contributed by atoms with van der Waals surface area (Å²) in [4.78, 5) is 25.9. The molecule has 1 amide bonds. The maximum atomic E-state index is 13.6. The number of nitrogens with one attached hydrogen (secondary N) is 1. The average Bonchev–Trinajstić information content (AvgIpc) is 2.97. The molecule has 41 heavy (non-hydrogen) atoms. The third kappa shape index (κ3) is 9.32. The third-order valence-corrected chi connectivity index (χ3v) is 9.19. The first kappa shape index (κ1) is 31.6. The number of rotatable bonds is 15. The van der Waals surface area contributed by atoms with E-state index in [1.165, 1.54) is 45.6 Å². The van der Waals surface area contributed by atoms with Crippen LogP contribution in [0.3, 0.4) is 0 Å². The van der Waals surface area contributed by atoms with Crippen molar-refractivity contribution in [2.75, 3.05) is 25.7 Å². The normalized spacial score (nSPS) is 17.4. The molecule has 0 aliphatic heterocycles. The highest BCUT2D eigenvalue weighted by molar-refractivity contribution is 7.98. The summed E-state index contributed by atoms with van der Waals surface area (Å²) in [5.41, 5.74) is 4.46. The topological polar surface area (TPSA) is 73.9 Å². The Morgan fingerprint density at radius 3 is 2.46 bits per heavy atom. The minimum atomic E-state index is -0.691. The molecule has 0 spiro atoms. The zero-order chi connectivity index (χ0) is 29.0. The Labute approximate surface area is 250 Å². The molecule has 2 atom stereocenters. The predicted molar refractivity (Wildman–Crippen MR) is 166 cm³/mol. The van der Waals surface area contributed by atoms with Crippen LogP contribution in [0.4, 0.5) is 0 Å². The van der Waals surface area contributed by atoms with E-state index in [1.807, 2.05) is 49.6 Å². The highest BCUT2D eigenvalue weighted by Gasteiger charge is 2.26. The zero-order valence-corrected chi connectivity index (χ0v) is 25.8. The van der Waals surface area contributed by atoms with Gasteiger partial charge >= 0.3 is 5.97 Å². The number of thioether (sulfide) groups is 1. The maximum Gasteiger partial charge on any atom is 0.328 e. The van der Waals surface area contributed by atoms with Gasteiger partial charge in [-0.05, 0) is 91.3 Å². The quantitative estimate of drug-likeness (QED) is 0.226. The fourth-order valence-electron chi connectivity index (χ4n) is 5.81. The van der Waals surface area contributed by atoms with Gasteiger partial charge in [0.05, 0.1) is 32.5 Å². The van der Waals surface area contributed by atoms with Gasteiger partial charge in [-0.2, -0.15) is 11.8 Å². The number of methoxy groups -OCH3 is 1. The lowest BCUT2D eigenvalue weighted by molar-refractivity contribution is -0.142. The monoisotopic (exact) mass is 581 g/mol. The summed E-state index contributed by atoms with van der Waals surface area (Å²) in [5, 5.41) is 2.93. The number of carbonyl (C=O) groups excluding carboxylic acids is 2. The lowest BCUT2D eigenvalue weighted by Crippen LogP contribution is -2.42. The van der Waals surface area contributed by atoms with Crippen molar-refractivity contribution in [2.24, 2.45) is 5.92 Å². The Bertz CT molecular complexity index is 1130. The largest absolute Gasteiger partial charge is 0.467 e. The van der Waals surface area contributed by atoms with Gasteiger partial charge in [0, 0.05) is 5.56 Å². The molecule has 6 nitrogen and oxygen atoms in total. The molecule has 7 heteroatoms. The van der Waals surface area contributed by atoms with E-state index in [9.17, 15) is 9.59 Å². The van der Waals surface area contributed by atoms with Gasteiger partial charge in [-0.3, -0.25) is 4.79 Å². The molecular formula is C34H47NO5S. The summed E-state index contributed by atoms with van der Waals surface area (Å²) in [5.74, 6) is 0.744. The standard InChI is InChI=1S/C34H47NO5S/c1-24-10-7-8-15-29(24)31-21-26(16-17-30(31)33(36)35-32(18-19-41-3)34(37)38-2)22-39-28(23-40-27-13-9-14-27)20-25-11-5-4-6-12-25/h7-8,10,15-17,21,25,27-28,32H,4-6,9,11-14,18-20,22-23H2,1-3H3,(H,35,36)/t28?,32-/m0/s1. The van der Waals surface area contributed by atoms with Crippen LogP contribution in [0.25, 0.3) is 11.1 Å². The molecule has 2 aromatic carbocycles. The number of ether oxygens (including phenoxy) is 3. The first-order valence-corrected chi connectivity index (χ1v) is 16.7. The smallest absolute Gasteiger partial charge is 0.328 e. The van der Waals surface area contributed by atoms with Crippen molar-refractivity contribution in [1.82, 2.24) is 5.32 Å². The molecule has 224 valence electrons. The Hall–Kier alpha value is -2.35. The molecule has 2 aliphatic rings. The Kier molecular flexibility index (Phi) is 12.6. The summed E-state index contributed by atoms with van der Waals surface area (Å²) >= 11 is 1.63. The Morgan fingerprint density at radius 1 is 1.00 bits per heavy atom. The molecule has 0 heterocycles. The molecule has 2 aromatic rings. The van der Waals surface area contributed by atoms with Crippen molar-refractivity contribution in [3.05, 3.63) is 59.2 Å². The van der Waals surface area contributed by atoms with E-state index in [1.54, 1.807) is 11.8 Å². The van der Waals surface area contributed by atoms with E-state index in [0.717, 1.165) is 47.3 Å². The van der Waals surface area contributed by atoms with Crippen LogP contribution in [0.15, 0.2) is 42.5 Å². The van der Waals surface area contributed by atoms with Gasteiger partial charge in [-0.1, -0.05) is 62.4 Å². The molecule has 0 radical (unpaired) electrons. The second kappa shape index (κ2) is 16.3. The lowest BCUT2D eigenvalue weighted by Gasteiger charge is -2.30. The number of carbonyl (C=O) groups is 2.